The van der Waals surface area contributed by atoms with Crippen molar-refractivity contribution in [3.05, 3.63) is 94.7 Å². The van der Waals surface area contributed by atoms with Crippen LogP contribution >= 0.6 is 0 Å². The Labute approximate surface area is 202 Å². The molecule has 0 amide bonds. The van der Waals surface area contributed by atoms with Gasteiger partial charge in [-0.15, -0.1) is 0 Å². The van der Waals surface area contributed by atoms with E-state index in [2.05, 4.69) is 15.1 Å². The maximum atomic E-state index is 14.1. The number of anilines is 1. The molecule has 0 unspecified atom stereocenters. The predicted molar refractivity (Wildman–Crippen MR) is 131 cm³/mol. The van der Waals surface area contributed by atoms with Crippen molar-refractivity contribution in [3.8, 4) is 22.7 Å². The predicted octanol–water partition coefficient (Wildman–Crippen LogP) is 3.08. The highest BCUT2D eigenvalue weighted by molar-refractivity contribution is 5.98. The van der Waals surface area contributed by atoms with E-state index in [9.17, 15) is 14.3 Å². The van der Waals surface area contributed by atoms with Gasteiger partial charge in [0.05, 0.1) is 11.1 Å². The normalized spacial score (nSPS) is 11.5. The molecule has 0 saturated heterocycles. The van der Waals surface area contributed by atoms with Crippen LogP contribution in [-0.2, 0) is 6.54 Å². The number of fused-ring (bicyclic) bond motifs is 2. The summed E-state index contributed by atoms with van der Waals surface area (Å²) in [5, 5.41) is 19.7. The molecule has 36 heavy (non-hydrogen) atoms. The average molecular weight is 482 g/mol. The van der Waals surface area contributed by atoms with E-state index in [1.165, 1.54) is 27.7 Å². The Morgan fingerprint density at radius 2 is 1.86 bits per heavy atom. The molecule has 0 aliphatic rings. The molecule has 3 N–H and O–H groups in total. The molecule has 6 aromatic rings. The second-order valence-corrected chi connectivity index (χ2v) is 8.35. The summed E-state index contributed by atoms with van der Waals surface area (Å²) in [6.45, 7) is 1.90. The van der Waals surface area contributed by atoms with E-state index in [1.807, 2.05) is 43.3 Å². The van der Waals surface area contributed by atoms with E-state index in [0.717, 1.165) is 11.6 Å². The second kappa shape index (κ2) is 8.01. The number of halogens is 1. The lowest BCUT2D eigenvalue weighted by molar-refractivity contribution is 0.469. The number of aromatic nitrogens is 7. The first-order valence-electron chi connectivity index (χ1n) is 11.0. The van der Waals surface area contributed by atoms with Crippen LogP contribution in [0.15, 0.2) is 71.9 Å². The molecule has 178 valence electrons. The van der Waals surface area contributed by atoms with E-state index in [-0.39, 0.29) is 23.7 Å². The van der Waals surface area contributed by atoms with Crippen molar-refractivity contribution in [2.75, 3.05) is 5.73 Å². The molecule has 4 aromatic heterocycles. The van der Waals surface area contributed by atoms with Crippen LogP contribution in [0.25, 0.3) is 33.5 Å². The molecule has 0 spiro atoms. The van der Waals surface area contributed by atoms with Crippen LogP contribution in [-0.4, -0.2) is 39.0 Å². The highest BCUT2D eigenvalue weighted by Gasteiger charge is 2.21. The topological polar surface area (TPSA) is 129 Å². The van der Waals surface area contributed by atoms with Gasteiger partial charge in [0.1, 0.15) is 41.5 Å². The smallest absolute Gasteiger partial charge is 0.282 e. The Morgan fingerprint density at radius 3 is 2.64 bits per heavy atom. The monoisotopic (exact) mass is 482 g/mol. The molecule has 6 rings (SSSR count). The van der Waals surface area contributed by atoms with E-state index < -0.39 is 5.82 Å². The number of aryl methyl sites for hydroxylation is 1. The van der Waals surface area contributed by atoms with Crippen molar-refractivity contribution in [2.45, 2.75) is 13.5 Å². The lowest BCUT2D eigenvalue weighted by Crippen LogP contribution is -2.28. The van der Waals surface area contributed by atoms with E-state index >= 15 is 0 Å². The molecule has 0 saturated carbocycles. The van der Waals surface area contributed by atoms with Gasteiger partial charge in [-0.2, -0.15) is 10.2 Å². The van der Waals surface area contributed by atoms with Crippen LogP contribution < -0.4 is 11.3 Å². The van der Waals surface area contributed by atoms with Gasteiger partial charge in [-0.25, -0.2) is 23.6 Å². The first kappa shape index (κ1) is 21.5. The molecule has 11 heteroatoms. The molecule has 2 aromatic carbocycles. The van der Waals surface area contributed by atoms with Gasteiger partial charge in [0.15, 0.2) is 11.5 Å². The molecule has 10 nitrogen and oxygen atoms in total. The molecule has 0 radical (unpaired) electrons. The number of para-hydroxylation sites is 1. The number of hydrogen-bond donors (Lipinski definition) is 2. The van der Waals surface area contributed by atoms with Crippen molar-refractivity contribution >= 4 is 22.4 Å². The van der Waals surface area contributed by atoms with Crippen LogP contribution in [0.4, 0.5) is 10.2 Å². The lowest BCUT2D eigenvalue weighted by Gasteiger charge is -2.13. The Balaban J connectivity index is 1.60. The highest BCUT2D eigenvalue weighted by Crippen LogP contribution is 2.32. The maximum Gasteiger partial charge on any atom is 0.282 e. The third-order valence-corrected chi connectivity index (χ3v) is 5.98. The molecular weight excluding hydrogens is 463 g/mol. The SMILES string of the molecule is Cc1ccn2nc(Cn3nc(-c4cc(O)cc(F)c4)c4c(N)ncnc43)n(-c3ccccc3)c(=O)c12. The van der Waals surface area contributed by atoms with Gasteiger partial charge in [0.25, 0.3) is 5.56 Å². The molecule has 4 heterocycles. The van der Waals surface area contributed by atoms with Gasteiger partial charge < -0.3 is 10.8 Å². The summed E-state index contributed by atoms with van der Waals surface area (Å²) in [6, 6.07) is 14.6. The summed E-state index contributed by atoms with van der Waals surface area (Å²) in [4.78, 5) is 22.0. The standard InChI is InChI=1S/C25H19FN8O2/c1-14-7-8-32-22(14)25(36)34(17-5-3-2-4-6-17)19(30-32)12-33-24-20(23(27)28-13-29-24)21(31-33)15-9-16(26)11-18(35)10-15/h2-11,13,35H,12H2,1H3,(H2,27,28,29). The number of nitrogens with zero attached hydrogens (tertiary/aromatic N) is 7. The van der Waals surface area contributed by atoms with Crippen molar-refractivity contribution in [1.29, 1.82) is 0 Å². The number of phenols is 1. The second-order valence-electron chi connectivity index (χ2n) is 8.35. The third-order valence-electron chi connectivity index (χ3n) is 5.98. The largest absolute Gasteiger partial charge is 0.508 e. The fourth-order valence-electron chi connectivity index (χ4n) is 4.39. The quantitative estimate of drug-likeness (QED) is 0.395. The summed E-state index contributed by atoms with van der Waals surface area (Å²) < 4.78 is 18.7. The maximum absolute atomic E-state index is 14.1. The van der Waals surface area contributed by atoms with Crippen LogP contribution in [0.1, 0.15) is 11.4 Å². The van der Waals surface area contributed by atoms with E-state index in [4.69, 9.17) is 10.8 Å². The number of aromatic hydroxyl groups is 1. The van der Waals surface area contributed by atoms with Crippen LogP contribution in [0.2, 0.25) is 0 Å². The van der Waals surface area contributed by atoms with Crippen LogP contribution in [0.3, 0.4) is 0 Å². The van der Waals surface area contributed by atoms with Gasteiger partial charge in [-0.1, -0.05) is 18.2 Å². The van der Waals surface area contributed by atoms with Crippen molar-refractivity contribution < 1.29 is 9.50 Å². The summed E-state index contributed by atoms with van der Waals surface area (Å²) in [6.07, 6.45) is 3.03. The molecule has 0 atom stereocenters. The van der Waals surface area contributed by atoms with E-state index in [1.54, 1.807) is 10.7 Å². The van der Waals surface area contributed by atoms with Crippen LogP contribution in [0.5, 0.6) is 5.75 Å². The molecule has 0 aliphatic heterocycles. The van der Waals surface area contributed by atoms with Crippen molar-refractivity contribution in [1.82, 2.24) is 33.9 Å². The summed E-state index contributed by atoms with van der Waals surface area (Å²) in [5.41, 5.74) is 8.84. The molecule has 0 fully saturated rings. The third kappa shape index (κ3) is 3.36. The number of nitrogen functional groups attached to an aromatic ring is 1. The number of benzene rings is 2. The van der Waals surface area contributed by atoms with Gasteiger partial charge >= 0.3 is 0 Å². The number of rotatable bonds is 4. The van der Waals surface area contributed by atoms with Crippen LogP contribution in [0, 0.1) is 12.7 Å². The number of phenolic OH excluding ortho intramolecular Hbond substituents is 1. The first-order valence-corrected chi connectivity index (χ1v) is 11.0. The molecule has 0 bridgehead atoms. The number of hydrogen-bond acceptors (Lipinski definition) is 7. The fraction of sp³-hybridized carbons (Fsp3) is 0.0800. The highest BCUT2D eigenvalue weighted by atomic mass is 19.1. The summed E-state index contributed by atoms with van der Waals surface area (Å²) >= 11 is 0. The number of nitrogens with two attached hydrogens (primary N) is 1. The van der Waals surface area contributed by atoms with Crippen molar-refractivity contribution in [3.63, 3.8) is 0 Å². The zero-order chi connectivity index (χ0) is 25.0. The van der Waals surface area contributed by atoms with Gasteiger partial charge in [-0.05, 0) is 42.8 Å². The molecule has 0 aliphatic carbocycles. The van der Waals surface area contributed by atoms with Crippen molar-refractivity contribution in [2.24, 2.45) is 0 Å². The Bertz CT molecular complexity index is 1820. The summed E-state index contributed by atoms with van der Waals surface area (Å²) in [5.74, 6) is -0.341. The molecular formula is C25H19FN8O2. The van der Waals surface area contributed by atoms with Gasteiger partial charge in [-0.3, -0.25) is 9.36 Å². The van der Waals surface area contributed by atoms with Gasteiger partial charge in [0.2, 0.25) is 0 Å². The Hall–Kier alpha value is -5.06. The average Bonchev–Trinajstić information content (AvgIpc) is 3.41. The van der Waals surface area contributed by atoms with E-state index in [0.29, 0.717) is 39.3 Å². The summed E-state index contributed by atoms with van der Waals surface area (Å²) in [7, 11) is 0. The first-order chi connectivity index (χ1) is 17.4. The van der Waals surface area contributed by atoms with Gasteiger partial charge in [0, 0.05) is 17.8 Å². The minimum Gasteiger partial charge on any atom is -0.508 e. The zero-order valence-electron chi connectivity index (χ0n) is 19.0. The Kier molecular flexibility index (Phi) is 4.78. The lowest BCUT2D eigenvalue weighted by atomic mass is 10.1. The minimum absolute atomic E-state index is 0.0472. The minimum atomic E-state index is -0.629. The Morgan fingerprint density at radius 1 is 1.06 bits per heavy atom. The zero-order valence-corrected chi connectivity index (χ0v) is 19.0. The fourth-order valence-corrected chi connectivity index (χ4v) is 4.39.